The van der Waals surface area contributed by atoms with Crippen LogP contribution in [0.1, 0.15) is 24.2 Å². The predicted octanol–water partition coefficient (Wildman–Crippen LogP) is 1.65. The number of Topliss-reactive ketones (excluding diaryl/α,β-unsaturated/α-hetero) is 1. The third-order valence-corrected chi connectivity index (χ3v) is 1.85. The number of nitrogens with one attached hydrogen (secondary N) is 1. The van der Waals surface area contributed by atoms with Gasteiger partial charge in [-0.2, -0.15) is 0 Å². The van der Waals surface area contributed by atoms with Crippen molar-refractivity contribution in [3.8, 4) is 0 Å². The number of hydrogen-bond acceptors (Lipinski definition) is 3. The molecular weight excluding hydrogens is 176 g/mol. The second kappa shape index (κ2) is 4.77. The van der Waals surface area contributed by atoms with Crippen LogP contribution in [0.4, 0.5) is 5.69 Å². The lowest BCUT2D eigenvalue weighted by atomic mass is 10.1. The largest absolute Gasteiger partial charge is 0.383 e. The Bertz CT molecular complexity index is 304. The van der Waals surface area contributed by atoms with E-state index in [1.54, 1.807) is 12.1 Å². The van der Waals surface area contributed by atoms with Crippen LogP contribution in [0.25, 0.3) is 0 Å². The van der Waals surface area contributed by atoms with Crippen molar-refractivity contribution >= 4 is 11.5 Å². The molecule has 1 rings (SSSR count). The molecule has 0 aliphatic carbocycles. The summed E-state index contributed by atoms with van der Waals surface area (Å²) in [7, 11) is 0. The van der Waals surface area contributed by atoms with E-state index in [9.17, 15) is 4.79 Å². The van der Waals surface area contributed by atoms with E-state index in [1.165, 1.54) is 0 Å². The molecule has 1 aromatic rings. The van der Waals surface area contributed by atoms with Gasteiger partial charge in [-0.15, -0.1) is 0 Å². The van der Waals surface area contributed by atoms with Crippen molar-refractivity contribution in [1.82, 2.24) is 0 Å². The molecule has 14 heavy (non-hydrogen) atoms. The zero-order valence-electron chi connectivity index (χ0n) is 8.58. The summed E-state index contributed by atoms with van der Waals surface area (Å²) in [6.45, 7) is 4.20. The Morgan fingerprint density at radius 3 is 2.36 bits per heavy atom. The van der Waals surface area contributed by atoms with Crippen molar-refractivity contribution < 1.29 is 4.79 Å². The summed E-state index contributed by atoms with van der Waals surface area (Å²) >= 11 is 0. The molecule has 3 heteroatoms. The molecule has 0 aliphatic rings. The fraction of sp³-hybridized carbons (Fsp3) is 0.364. The van der Waals surface area contributed by atoms with E-state index >= 15 is 0 Å². The first-order valence-corrected chi connectivity index (χ1v) is 4.73. The molecular formula is C11H16N2O. The molecule has 0 radical (unpaired) electrons. The molecule has 0 saturated heterocycles. The van der Waals surface area contributed by atoms with E-state index in [1.807, 2.05) is 12.1 Å². The number of anilines is 1. The van der Waals surface area contributed by atoms with Gasteiger partial charge in [0.2, 0.25) is 0 Å². The molecule has 0 spiro atoms. The number of benzene rings is 1. The van der Waals surface area contributed by atoms with Crippen molar-refractivity contribution in [2.24, 2.45) is 5.73 Å². The van der Waals surface area contributed by atoms with Gasteiger partial charge >= 0.3 is 0 Å². The Hall–Kier alpha value is -1.35. The molecule has 0 heterocycles. The van der Waals surface area contributed by atoms with Crippen LogP contribution in [0, 0.1) is 0 Å². The number of ketones is 1. The maximum absolute atomic E-state index is 11.2. The van der Waals surface area contributed by atoms with E-state index in [2.05, 4.69) is 19.2 Å². The summed E-state index contributed by atoms with van der Waals surface area (Å²) in [4.78, 5) is 11.2. The maximum atomic E-state index is 11.2. The smallest absolute Gasteiger partial charge is 0.176 e. The van der Waals surface area contributed by atoms with Gasteiger partial charge in [-0.3, -0.25) is 4.79 Å². The van der Waals surface area contributed by atoms with Gasteiger partial charge in [-0.1, -0.05) is 0 Å². The summed E-state index contributed by atoms with van der Waals surface area (Å²) in [5.41, 5.74) is 6.95. The topological polar surface area (TPSA) is 55.1 Å². The van der Waals surface area contributed by atoms with Crippen LogP contribution in [0.5, 0.6) is 0 Å². The standard InChI is InChI=1S/C11H16N2O/c1-8(2)13-10-5-3-9(4-6-10)11(14)7-12/h3-6,8,13H,7,12H2,1-2H3. The highest BCUT2D eigenvalue weighted by molar-refractivity contribution is 5.97. The average Bonchev–Trinajstić information content (AvgIpc) is 2.17. The zero-order valence-corrected chi connectivity index (χ0v) is 8.58. The molecule has 0 bridgehead atoms. The number of carbonyl (C=O) groups excluding carboxylic acids is 1. The van der Waals surface area contributed by atoms with Gasteiger partial charge in [0.25, 0.3) is 0 Å². The molecule has 0 aliphatic heterocycles. The summed E-state index contributed by atoms with van der Waals surface area (Å²) in [5, 5.41) is 3.25. The van der Waals surface area contributed by atoms with Crippen LogP contribution in [-0.2, 0) is 0 Å². The number of hydrogen-bond donors (Lipinski definition) is 2. The second-order valence-corrected chi connectivity index (χ2v) is 3.50. The molecule has 3 N–H and O–H groups in total. The van der Waals surface area contributed by atoms with Crippen LogP contribution in [0.2, 0.25) is 0 Å². The van der Waals surface area contributed by atoms with Crippen LogP contribution < -0.4 is 11.1 Å². The Kier molecular flexibility index (Phi) is 3.65. The van der Waals surface area contributed by atoms with Crippen LogP contribution >= 0.6 is 0 Å². The van der Waals surface area contributed by atoms with Crippen LogP contribution in [0.15, 0.2) is 24.3 Å². The molecule has 3 nitrogen and oxygen atoms in total. The number of carbonyl (C=O) groups is 1. The van der Waals surface area contributed by atoms with Gasteiger partial charge in [0.1, 0.15) is 0 Å². The van der Waals surface area contributed by atoms with Crippen molar-refractivity contribution in [3.05, 3.63) is 29.8 Å². The van der Waals surface area contributed by atoms with Crippen molar-refractivity contribution in [2.45, 2.75) is 19.9 Å². The number of nitrogens with two attached hydrogens (primary N) is 1. The Morgan fingerprint density at radius 2 is 1.93 bits per heavy atom. The van der Waals surface area contributed by atoms with Gasteiger partial charge in [0.05, 0.1) is 6.54 Å². The Morgan fingerprint density at radius 1 is 1.36 bits per heavy atom. The fourth-order valence-corrected chi connectivity index (χ4v) is 1.20. The first-order valence-electron chi connectivity index (χ1n) is 4.73. The summed E-state index contributed by atoms with van der Waals surface area (Å²) in [6.07, 6.45) is 0. The second-order valence-electron chi connectivity index (χ2n) is 3.50. The molecule has 1 aromatic carbocycles. The van der Waals surface area contributed by atoms with Gasteiger partial charge in [-0.25, -0.2) is 0 Å². The van der Waals surface area contributed by atoms with E-state index in [0.717, 1.165) is 5.69 Å². The first-order chi connectivity index (χ1) is 6.63. The van der Waals surface area contributed by atoms with E-state index in [-0.39, 0.29) is 12.3 Å². The van der Waals surface area contributed by atoms with Crippen molar-refractivity contribution in [2.75, 3.05) is 11.9 Å². The zero-order chi connectivity index (χ0) is 10.6. The molecule has 0 aromatic heterocycles. The lowest BCUT2D eigenvalue weighted by Gasteiger charge is -2.09. The van der Waals surface area contributed by atoms with Crippen molar-refractivity contribution in [3.63, 3.8) is 0 Å². The number of rotatable bonds is 4. The summed E-state index contributed by atoms with van der Waals surface area (Å²) in [5.74, 6) is -0.0268. The highest BCUT2D eigenvalue weighted by atomic mass is 16.1. The van der Waals surface area contributed by atoms with Gasteiger partial charge < -0.3 is 11.1 Å². The first kappa shape index (κ1) is 10.7. The third kappa shape index (κ3) is 2.85. The molecule has 0 atom stereocenters. The Labute approximate surface area is 84.3 Å². The van der Waals surface area contributed by atoms with Crippen LogP contribution in [-0.4, -0.2) is 18.4 Å². The van der Waals surface area contributed by atoms with Crippen LogP contribution in [0.3, 0.4) is 0 Å². The normalized spacial score (nSPS) is 10.3. The minimum Gasteiger partial charge on any atom is -0.383 e. The third-order valence-electron chi connectivity index (χ3n) is 1.85. The van der Waals surface area contributed by atoms with Crippen molar-refractivity contribution in [1.29, 1.82) is 0 Å². The minimum atomic E-state index is -0.0268. The highest BCUT2D eigenvalue weighted by Crippen LogP contribution is 2.10. The molecule has 0 amide bonds. The molecule has 0 fully saturated rings. The highest BCUT2D eigenvalue weighted by Gasteiger charge is 2.02. The molecule has 76 valence electrons. The molecule has 0 saturated carbocycles. The molecule has 0 unspecified atom stereocenters. The van der Waals surface area contributed by atoms with E-state index < -0.39 is 0 Å². The van der Waals surface area contributed by atoms with Gasteiger partial charge in [-0.05, 0) is 38.1 Å². The van der Waals surface area contributed by atoms with Gasteiger partial charge in [0.15, 0.2) is 5.78 Å². The minimum absolute atomic E-state index is 0.0268. The van der Waals surface area contributed by atoms with Gasteiger partial charge in [0, 0.05) is 17.3 Å². The lowest BCUT2D eigenvalue weighted by molar-refractivity contribution is 0.100. The average molecular weight is 192 g/mol. The summed E-state index contributed by atoms with van der Waals surface area (Å²) < 4.78 is 0. The quantitative estimate of drug-likeness (QED) is 0.713. The lowest BCUT2D eigenvalue weighted by Crippen LogP contribution is -2.14. The van der Waals surface area contributed by atoms with E-state index in [0.29, 0.717) is 11.6 Å². The monoisotopic (exact) mass is 192 g/mol. The maximum Gasteiger partial charge on any atom is 0.176 e. The SMILES string of the molecule is CC(C)Nc1ccc(C(=O)CN)cc1. The fourth-order valence-electron chi connectivity index (χ4n) is 1.20. The predicted molar refractivity (Wildman–Crippen MR) is 58.6 cm³/mol. The Balaban J connectivity index is 2.73. The summed E-state index contributed by atoms with van der Waals surface area (Å²) in [6, 6.07) is 7.76. The van der Waals surface area contributed by atoms with E-state index in [4.69, 9.17) is 5.73 Å².